The van der Waals surface area contributed by atoms with E-state index in [-0.39, 0.29) is 0 Å². The number of hydrogen-bond acceptors (Lipinski definition) is 0. The Hall–Kier alpha value is -1.82. The second-order valence-electron chi connectivity index (χ2n) is 4.19. The largest absolute Gasteiger partial charge is 0.0839 e. The highest BCUT2D eigenvalue weighted by molar-refractivity contribution is 5.48. The summed E-state index contributed by atoms with van der Waals surface area (Å²) in [7, 11) is 0. The van der Waals surface area contributed by atoms with Crippen molar-refractivity contribution in [2.24, 2.45) is 0 Å². The lowest BCUT2D eigenvalue weighted by atomic mass is 10.1. The molecule has 0 saturated heterocycles. The Bertz CT molecular complexity index is 440. The van der Waals surface area contributed by atoms with Crippen molar-refractivity contribution in [2.75, 3.05) is 0 Å². The van der Waals surface area contributed by atoms with E-state index in [4.69, 9.17) is 0 Å². The number of benzene rings is 2. The van der Waals surface area contributed by atoms with E-state index < -0.39 is 0 Å². The fourth-order valence-corrected chi connectivity index (χ4v) is 1.85. The number of hydrogen-bond donors (Lipinski definition) is 0. The maximum atomic E-state index is 2.26. The molecule has 0 radical (unpaired) electrons. The van der Waals surface area contributed by atoms with Gasteiger partial charge in [-0.05, 0) is 30.4 Å². The highest BCUT2D eigenvalue weighted by atomic mass is 14.0. The van der Waals surface area contributed by atoms with E-state index in [0.717, 1.165) is 6.42 Å². The summed E-state index contributed by atoms with van der Waals surface area (Å²) in [5.74, 6) is 0. The highest BCUT2D eigenvalue weighted by Crippen LogP contribution is 2.07. The van der Waals surface area contributed by atoms with Crippen LogP contribution in [-0.2, 0) is 6.42 Å². The number of allylic oxidation sites excluding steroid dienone is 1. The fourth-order valence-electron chi connectivity index (χ4n) is 1.85. The molecule has 0 atom stereocenters. The van der Waals surface area contributed by atoms with Crippen LogP contribution in [0.3, 0.4) is 0 Å². The topological polar surface area (TPSA) is 0 Å². The standard InChI is InChI=1S/C17H18/c1-4-10-16(11-5-1)14-8-3-9-15-17-12-6-2-7-13-17/h1-2,4-8,10-14H,3,9,15H2/b14-8-. The molecule has 0 aliphatic carbocycles. The molecule has 2 aromatic rings. The van der Waals surface area contributed by atoms with E-state index in [9.17, 15) is 0 Å². The van der Waals surface area contributed by atoms with Crippen LogP contribution in [0.2, 0.25) is 0 Å². The van der Waals surface area contributed by atoms with Gasteiger partial charge in [-0.3, -0.25) is 0 Å². The quantitative estimate of drug-likeness (QED) is 0.642. The van der Waals surface area contributed by atoms with Crippen molar-refractivity contribution < 1.29 is 0 Å². The zero-order valence-corrected chi connectivity index (χ0v) is 10.0. The van der Waals surface area contributed by atoms with Gasteiger partial charge < -0.3 is 0 Å². The molecule has 0 fully saturated rings. The van der Waals surface area contributed by atoms with Crippen molar-refractivity contribution in [1.29, 1.82) is 0 Å². The van der Waals surface area contributed by atoms with Gasteiger partial charge in [-0.25, -0.2) is 0 Å². The molecule has 0 spiro atoms. The minimum atomic E-state index is 1.14. The van der Waals surface area contributed by atoms with Crippen molar-refractivity contribution in [3.05, 3.63) is 77.9 Å². The Morgan fingerprint density at radius 3 is 2.12 bits per heavy atom. The van der Waals surface area contributed by atoms with Gasteiger partial charge in [-0.2, -0.15) is 0 Å². The summed E-state index contributed by atoms with van der Waals surface area (Å²) in [4.78, 5) is 0. The van der Waals surface area contributed by atoms with Crippen molar-refractivity contribution in [3.63, 3.8) is 0 Å². The smallest absolute Gasteiger partial charge is 0.0260 e. The molecule has 2 rings (SSSR count). The van der Waals surface area contributed by atoms with Gasteiger partial charge >= 0.3 is 0 Å². The Morgan fingerprint density at radius 2 is 1.41 bits per heavy atom. The number of rotatable bonds is 5. The lowest BCUT2D eigenvalue weighted by Crippen LogP contribution is -1.82. The third-order valence-electron chi connectivity index (χ3n) is 2.79. The van der Waals surface area contributed by atoms with Crippen LogP contribution in [0.4, 0.5) is 0 Å². The minimum absolute atomic E-state index is 1.14. The third kappa shape index (κ3) is 4.28. The van der Waals surface area contributed by atoms with E-state index in [2.05, 4.69) is 66.7 Å². The van der Waals surface area contributed by atoms with E-state index in [1.165, 1.54) is 24.0 Å². The van der Waals surface area contributed by atoms with Crippen LogP contribution in [0.25, 0.3) is 6.08 Å². The van der Waals surface area contributed by atoms with Crippen molar-refractivity contribution in [1.82, 2.24) is 0 Å². The molecule has 0 nitrogen and oxygen atoms in total. The molecule has 2 aromatic carbocycles. The van der Waals surface area contributed by atoms with Gasteiger partial charge in [0.05, 0.1) is 0 Å². The molecule has 0 aromatic heterocycles. The molecular weight excluding hydrogens is 204 g/mol. The molecular formula is C17H18. The van der Waals surface area contributed by atoms with Crippen LogP contribution in [0, 0.1) is 0 Å². The van der Waals surface area contributed by atoms with Gasteiger partial charge in [-0.1, -0.05) is 72.8 Å². The molecule has 0 aliphatic heterocycles. The first-order chi connectivity index (χ1) is 8.45. The van der Waals surface area contributed by atoms with Crippen LogP contribution in [-0.4, -0.2) is 0 Å². The first-order valence-corrected chi connectivity index (χ1v) is 6.21. The van der Waals surface area contributed by atoms with Crippen LogP contribution in [0.15, 0.2) is 66.7 Å². The normalized spacial score (nSPS) is 10.8. The zero-order chi connectivity index (χ0) is 11.8. The molecule has 0 N–H and O–H groups in total. The van der Waals surface area contributed by atoms with Crippen molar-refractivity contribution in [2.45, 2.75) is 19.3 Å². The Morgan fingerprint density at radius 1 is 0.765 bits per heavy atom. The van der Waals surface area contributed by atoms with Crippen LogP contribution >= 0.6 is 0 Å². The summed E-state index contributed by atoms with van der Waals surface area (Å²) < 4.78 is 0. The summed E-state index contributed by atoms with van der Waals surface area (Å²) in [6, 6.07) is 21.1. The summed E-state index contributed by atoms with van der Waals surface area (Å²) in [5, 5.41) is 0. The number of aryl methyl sites for hydroxylation is 1. The zero-order valence-electron chi connectivity index (χ0n) is 10.0. The second-order valence-corrected chi connectivity index (χ2v) is 4.19. The first-order valence-electron chi connectivity index (χ1n) is 6.21. The summed E-state index contributed by atoms with van der Waals surface area (Å²) in [6.45, 7) is 0. The number of unbranched alkanes of at least 4 members (excludes halogenated alkanes) is 1. The van der Waals surface area contributed by atoms with E-state index >= 15 is 0 Å². The second kappa shape index (κ2) is 6.70. The molecule has 17 heavy (non-hydrogen) atoms. The van der Waals surface area contributed by atoms with Crippen LogP contribution < -0.4 is 0 Å². The molecule has 0 unspecified atom stereocenters. The van der Waals surface area contributed by atoms with Gasteiger partial charge in [0.15, 0.2) is 0 Å². The van der Waals surface area contributed by atoms with Crippen molar-refractivity contribution in [3.8, 4) is 0 Å². The predicted molar refractivity (Wildman–Crippen MR) is 74.9 cm³/mol. The van der Waals surface area contributed by atoms with Gasteiger partial charge in [-0.15, -0.1) is 0 Å². The summed E-state index contributed by atoms with van der Waals surface area (Å²) in [6.07, 6.45) is 7.99. The predicted octanol–water partition coefficient (Wildman–Crippen LogP) is 4.72. The third-order valence-corrected chi connectivity index (χ3v) is 2.79. The average Bonchev–Trinajstić information content (AvgIpc) is 2.41. The molecule has 0 aliphatic rings. The fraction of sp³-hybridized carbons (Fsp3) is 0.176. The Balaban J connectivity index is 1.72. The van der Waals surface area contributed by atoms with E-state index in [0.29, 0.717) is 0 Å². The lowest BCUT2D eigenvalue weighted by molar-refractivity contribution is 0.845. The summed E-state index contributed by atoms with van der Waals surface area (Å²) in [5.41, 5.74) is 2.72. The van der Waals surface area contributed by atoms with Gasteiger partial charge in [0.2, 0.25) is 0 Å². The van der Waals surface area contributed by atoms with Crippen LogP contribution in [0.5, 0.6) is 0 Å². The van der Waals surface area contributed by atoms with Gasteiger partial charge in [0.1, 0.15) is 0 Å². The maximum absolute atomic E-state index is 2.26. The summed E-state index contributed by atoms with van der Waals surface area (Å²) >= 11 is 0. The first kappa shape index (κ1) is 11.7. The average molecular weight is 222 g/mol. The molecule has 0 amide bonds. The van der Waals surface area contributed by atoms with Crippen molar-refractivity contribution >= 4 is 6.08 Å². The molecule has 0 saturated carbocycles. The molecule has 0 bridgehead atoms. The highest BCUT2D eigenvalue weighted by Gasteiger charge is 1.89. The minimum Gasteiger partial charge on any atom is -0.0839 e. The SMILES string of the molecule is C(=C/c1ccccc1)/CCCc1ccccc1. The lowest BCUT2D eigenvalue weighted by Gasteiger charge is -1.98. The Kier molecular flexibility index (Phi) is 4.59. The molecule has 86 valence electrons. The maximum Gasteiger partial charge on any atom is -0.0260 e. The van der Waals surface area contributed by atoms with Gasteiger partial charge in [0.25, 0.3) is 0 Å². The van der Waals surface area contributed by atoms with Gasteiger partial charge in [0, 0.05) is 0 Å². The molecule has 0 heteroatoms. The molecule has 0 heterocycles. The van der Waals surface area contributed by atoms with E-state index in [1.54, 1.807) is 0 Å². The van der Waals surface area contributed by atoms with Crippen LogP contribution in [0.1, 0.15) is 24.0 Å². The van der Waals surface area contributed by atoms with E-state index in [1.807, 2.05) is 6.07 Å². The Labute approximate surface area is 104 Å². The monoisotopic (exact) mass is 222 g/mol.